The smallest absolute Gasteiger partial charge is 0.361 e. The van der Waals surface area contributed by atoms with Crippen LogP contribution in [0.2, 0.25) is 0 Å². The first-order chi connectivity index (χ1) is 8.11. The molecule has 0 N–H and O–H groups in total. The number of ether oxygens (including phenoxy) is 2. The highest BCUT2D eigenvalue weighted by Crippen LogP contribution is 2.12. The number of esters is 1. The van der Waals surface area contributed by atoms with Gasteiger partial charge in [-0.25, -0.2) is 9.48 Å². The highest BCUT2D eigenvalue weighted by atomic mass is 16.5. The van der Waals surface area contributed by atoms with E-state index in [9.17, 15) is 4.79 Å². The van der Waals surface area contributed by atoms with E-state index >= 15 is 0 Å². The van der Waals surface area contributed by atoms with E-state index in [1.807, 2.05) is 6.92 Å². The van der Waals surface area contributed by atoms with Gasteiger partial charge in [0.05, 0.1) is 18.3 Å². The zero-order chi connectivity index (χ0) is 12.8. The Morgan fingerprint density at radius 1 is 1.65 bits per heavy atom. The average Bonchev–Trinajstić information content (AvgIpc) is 2.68. The van der Waals surface area contributed by atoms with E-state index < -0.39 is 5.97 Å². The molecule has 0 saturated heterocycles. The van der Waals surface area contributed by atoms with Crippen LogP contribution in [0.4, 0.5) is 0 Å². The summed E-state index contributed by atoms with van der Waals surface area (Å²) in [5, 5.41) is 7.74. The highest BCUT2D eigenvalue weighted by Gasteiger charge is 2.19. The predicted molar refractivity (Wildman–Crippen MR) is 61.8 cm³/mol. The lowest BCUT2D eigenvalue weighted by Crippen LogP contribution is -2.15. The molecule has 1 aromatic heterocycles. The summed E-state index contributed by atoms with van der Waals surface area (Å²) in [5.41, 5.74) is 0.901. The van der Waals surface area contributed by atoms with Crippen molar-refractivity contribution in [3.8, 4) is 0 Å². The van der Waals surface area contributed by atoms with Gasteiger partial charge in [0, 0.05) is 7.11 Å². The molecule has 1 aromatic rings. The van der Waals surface area contributed by atoms with Gasteiger partial charge in [0.1, 0.15) is 6.61 Å². The van der Waals surface area contributed by atoms with E-state index in [-0.39, 0.29) is 18.3 Å². The minimum Gasteiger partial charge on any atom is -0.457 e. The topological polar surface area (TPSA) is 66.2 Å². The van der Waals surface area contributed by atoms with Crippen molar-refractivity contribution in [3.63, 3.8) is 0 Å². The van der Waals surface area contributed by atoms with E-state index in [0.717, 1.165) is 0 Å². The Morgan fingerprint density at radius 2 is 2.35 bits per heavy atom. The van der Waals surface area contributed by atoms with Gasteiger partial charge in [-0.1, -0.05) is 17.9 Å². The summed E-state index contributed by atoms with van der Waals surface area (Å²) in [4.78, 5) is 11.6. The van der Waals surface area contributed by atoms with Gasteiger partial charge in [0.25, 0.3) is 0 Å². The van der Waals surface area contributed by atoms with Crippen LogP contribution in [0.1, 0.15) is 29.1 Å². The molecule has 0 fully saturated rings. The van der Waals surface area contributed by atoms with Gasteiger partial charge in [-0.15, -0.1) is 5.10 Å². The first kappa shape index (κ1) is 13.4. The van der Waals surface area contributed by atoms with Gasteiger partial charge < -0.3 is 9.47 Å². The average molecular weight is 239 g/mol. The molecule has 0 saturated carbocycles. The molecule has 17 heavy (non-hydrogen) atoms. The maximum absolute atomic E-state index is 11.6. The molecular formula is C11H17N3O3. The minimum absolute atomic E-state index is 0.0217. The molecule has 0 spiro atoms. The van der Waals surface area contributed by atoms with Crippen molar-refractivity contribution in [1.29, 1.82) is 0 Å². The van der Waals surface area contributed by atoms with Crippen LogP contribution in [-0.2, 0) is 9.47 Å². The Morgan fingerprint density at radius 3 is 2.94 bits per heavy atom. The van der Waals surface area contributed by atoms with Gasteiger partial charge in [0.15, 0.2) is 5.69 Å². The molecular weight excluding hydrogens is 222 g/mol. The first-order valence-corrected chi connectivity index (χ1v) is 5.30. The van der Waals surface area contributed by atoms with Gasteiger partial charge in [-0.05, 0) is 13.8 Å². The largest absolute Gasteiger partial charge is 0.457 e. The lowest BCUT2D eigenvalue weighted by molar-refractivity contribution is 0.0541. The molecule has 1 rings (SSSR count). The number of hydrogen-bond donors (Lipinski definition) is 0. The van der Waals surface area contributed by atoms with Crippen LogP contribution in [0.25, 0.3) is 0 Å². The third kappa shape index (κ3) is 3.13. The molecule has 6 nitrogen and oxygen atoms in total. The zero-order valence-corrected chi connectivity index (χ0v) is 10.3. The lowest BCUT2D eigenvalue weighted by Gasteiger charge is -2.11. The van der Waals surface area contributed by atoms with E-state index in [1.54, 1.807) is 18.7 Å². The Balaban J connectivity index is 2.82. The minimum atomic E-state index is -0.488. The second-order valence-corrected chi connectivity index (χ2v) is 3.66. The second-order valence-electron chi connectivity index (χ2n) is 3.66. The number of nitrogens with zero attached hydrogens (tertiary/aromatic N) is 3. The summed E-state index contributed by atoms with van der Waals surface area (Å²) >= 11 is 0. The van der Waals surface area contributed by atoms with Crippen molar-refractivity contribution in [2.24, 2.45) is 0 Å². The third-order valence-electron chi connectivity index (χ3n) is 2.28. The lowest BCUT2D eigenvalue weighted by atomic mass is 10.3. The molecule has 0 aliphatic rings. The molecule has 0 aromatic carbocycles. The fourth-order valence-electron chi connectivity index (χ4n) is 1.46. The maximum atomic E-state index is 11.6. The summed E-state index contributed by atoms with van der Waals surface area (Å²) in [6.07, 6.45) is 1.51. The molecule has 0 aliphatic carbocycles. The van der Waals surface area contributed by atoms with Crippen molar-refractivity contribution in [2.45, 2.75) is 19.9 Å². The highest BCUT2D eigenvalue weighted by molar-refractivity contribution is 5.88. The third-order valence-corrected chi connectivity index (χ3v) is 2.28. The van der Waals surface area contributed by atoms with Crippen LogP contribution in [0.3, 0.4) is 0 Å². The standard InChI is InChI=1S/C11H17N3O3/c1-5-6-17-11(15)10-9(3)14(13-12-10)8(2)7-16-4/h5,8H,1,6-7H2,2-4H3. The molecule has 1 heterocycles. The number of carbonyl (C=O) groups excluding carboxylic acids is 1. The van der Waals surface area contributed by atoms with E-state index in [2.05, 4.69) is 16.9 Å². The predicted octanol–water partition coefficient (Wildman–Crippen LogP) is 1.14. The maximum Gasteiger partial charge on any atom is 0.361 e. The van der Waals surface area contributed by atoms with Gasteiger partial charge >= 0.3 is 5.97 Å². The molecule has 1 unspecified atom stereocenters. The van der Waals surface area contributed by atoms with E-state index in [0.29, 0.717) is 12.3 Å². The summed E-state index contributed by atoms with van der Waals surface area (Å²) in [6.45, 7) is 7.85. The fourth-order valence-corrected chi connectivity index (χ4v) is 1.46. The van der Waals surface area contributed by atoms with Crippen molar-refractivity contribution in [3.05, 3.63) is 24.0 Å². The molecule has 0 amide bonds. The Hall–Kier alpha value is -1.69. The van der Waals surface area contributed by atoms with Crippen molar-refractivity contribution in [2.75, 3.05) is 20.3 Å². The van der Waals surface area contributed by atoms with Crippen LogP contribution < -0.4 is 0 Å². The number of methoxy groups -OCH3 is 1. The summed E-state index contributed by atoms with van der Waals surface area (Å²) in [6, 6.07) is 0.0217. The molecule has 0 radical (unpaired) electrons. The Kier molecular flexibility index (Phi) is 4.84. The Bertz CT molecular complexity index is 401. The van der Waals surface area contributed by atoms with Crippen LogP contribution >= 0.6 is 0 Å². The molecule has 94 valence electrons. The van der Waals surface area contributed by atoms with Crippen LogP contribution in [0.15, 0.2) is 12.7 Å². The van der Waals surface area contributed by atoms with E-state index in [1.165, 1.54) is 6.08 Å². The van der Waals surface area contributed by atoms with Gasteiger partial charge in [-0.2, -0.15) is 0 Å². The van der Waals surface area contributed by atoms with Gasteiger partial charge in [0.2, 0.25) is 0 Å². The normalized spacial score (nSPS) is 12.2. The second kappa shape index (κ2) is 6.15. The quantitative estimate of drug-likeness (QED) is 0.550. The zero-order valence-electron chi connectivity index (χ0n) is 10.3. The van der Waals surface area contributed by atoms with Crippen molar-refractivity contribution in [1.82, 2.24) is 15.0 Å². The molecule has 0 bridgehead atoms. The molecule has 1 atom stereocenters. The number of rotatable bonds is 6. The summed E-state index contributed by atoms with van der Waals surface area (Å²) in [7, 11) is 1.61. The van der Waals surface area contributed by atoms with Crippen LogP contribution in [0, 0.1) is 6.92 Å². The van der Waals surface area contributed by atoms with Crippen LogP contribution in [0.5, 0.6) is 0 Å². The van der Waals surface area contributed by atoms with Gasteiger partial charge in [-0.3, -0.25) is 0 Å². The Labute approximate surface area is 100 Å². The van der Waals surface area contributed by atoms with Crippen LogP contribution in [-0.4, -0.2) is 41.3 Å². The SMILES string of the molecule is C=CCOC(=O)c1nnn(C(C)COC)c1C. The van der Waals surface area contributed by atoms with E-state index in [4.69, 9.17) is 9.47 Å². The summed E-state index contributed by atoms with van der Waals surface area (Å²) < 4.78 is 11.6. The number of aromatic nitrogens is 3. The van der Waals surface area contributed by atoms with Crippen molar-refractivity contribution < 1.29 is 14.3 Å². The summed E-state index contributed by atoms with van der Waals surface area (Å²) in [5.74, 6) is -0.488. The number of carbonyl (C=O) groups is 1. The first-order valence-electron chi connectivity index (χ1n) is 5.30. The fraction of sp³-hybridized carbons (Fsp3) is 0.545. The monoisotopic (exact) mass is 239 g/mol. The van der Waals surface area contributed by atoms with Crippen molar-refractivity contribution >= 4 is 5.97 Å². The molecule has 0 aliphatic heterocycles. The molecule has 6 heteroatoms. The number of hydrogen-bond acceptors (Lipinski definition) is 5.